The number of nitrogens with one attached hydrogen (secondary N) is 1. The Morgan fingerprint density at radius 3 is 2.57 bits per heavy atom. The summed E-state index contributed by atoms with van der Waals surface area (Å²) in [4.78, 5) is 22.5. The average Bonchev–Trinajstić information content (AvgIpc) is 2.45. The molecule has 4 nitrogen and oxygen atoms in total. The minimum atomic E-state index is -0.753. The van der Waals surface area contributed by atoms with Crippen LogP contribution in [-0.4, -0.2) is 23.5 Å². The Kier molecular flexibility index (Phi) is 7.51. The van der Waals surface area contributed by atoms with Crippen LogP contribution in [0.2, 0.25) is 0 Å². The van der Waals surface area contributed by atoms with Gasteiger partial charge in [0.05, 0.1) is 6.42 Å². The van der Waals surface area contributed by atoms with Crippen LogP contribution >= 0.6 is 0 Å². The van der Waals surface area contributed by atoms with Crippen molar-refractivity contribution in [3.63, 3.8) is 0 Å². The fourth-order valence-corrected chi connectivity index (χ4v) is 2.34. The van der Waals surface area contributed by atoms with E-state index in [4.69, 9.17) is 5.11 Å². The van der Waals surface area contributed by atoms with Gasteiger partial charge < -0.3 is 10.4 Å². The van der Waals surface area contributed by atoms with Crippen LogP contribution in [0, 0.1) is 12.8 Å². The summed E-state index contributed by atoms with van der Waals surface area (Å²) in [5.74, 6) is -0.366. The predicted octanol–water partition coefficient (Wildman–Crippen LogP) is 2.93. The molecule has 21 heavy (non-hydrogen) atoms. The van der Waals surface area contributed by atoms with Crippen LogP contribution in [0.4, 0.5) is 0 Å². The molecule has 0 aromatic heterocycles. The number of benzene rings is 1. The lowest BCUT2D eigenvalue weighted by atomic mass is 9.96. The lowest BCUT2D eigenvalue weighted by Crippen LogP contribution is -2.27. The number of carboxylic acids is 1. The molecule has 0 saturated heterocycles. The molecule has 2 N–H and O–H groups in total. The van der Waals surface area contributed by atoms with E-state index in [0.29, 0.717) is 25.3 Å². The van der Waals surface area contributed by atoms with Gasteiger partial charge in [0.1, 0.15) is 0 Å². The largest absolute Gasteiger partial charge is 0.481 e. The molecule has 0 aliphatic heterocycles. The average molecular weight is 291 g/mol. The Morgan fingerprint density at radius 2 is 1.95 bits per heavy atom. The van der Waals surface area contributed by atoms with Crippen molar-refractivity contribution < 1.29 is 14.7 Å². The molecule has 1 atom stereocenters. The molecule has 116 valence electrons. The Morgan fingerprint density at radius 1 is 1.24 bits per heavy atom. The smallest absolute Gasteiger partial charge is 0.303 e. The third-order valence-corrected chi connectivity index (χ3v) is 3.83. The molecule has 1 unspecified atom stereocenters. The molecule has 1 aromatic rings. The fourth-order valence-electron chi connectivity index (χ4n) is 2.34. The highest BCUT2D eigenvalue weighted by atomic mass is 16.4. The third kappa shape index (κ3) is 6.93. The number of aryl methyl sites for hydroxylation is 1. The molecule has 0 radical (unpaired) electrons. The second-order valence-corrected chi connectivity index (χ2v) is 5.45. The van der Waals surface area contributed by atoms with Crippen molar-refractivity contribution in [2.45, 2.75) is 46.0 Å². The molecular weight excluding hydrogens is 266 g/mol. The van der Waals surface area contributed by atoms with Gasteiger partial charge in [0.2, 0.25) is 5.91 Å². The summed E-state index contributed by atoms with van der Waals surface area (Å²) < 4.78 is 0. The zero-order valence-corrected chi connectivity index (χ0v) is 12.9. The number of carbonyl (C=O) groups is 2. The van der Waals surface area contributed by atoms with Crippen LogP contribution in [0.3, 0.4) is 0 Å². The summed E-state index contributed by atoms with van der Waals surface area (Å²) in [7, 11) is 0. The summed E-state index contributed by atoms with van der Waals surface area (Å²) in [6.45, 7) is 4.67. The molecule has 1 aromatic carbocycles. The number of aliphatic carboxylic acids is 1. The van der Waals surface area contributed by atoms with Gasteiger partial charge in [0.25, 0.3) is 0 Å². The summed E-state index contributed by atoms with van der Waals surface area (Å²) in [6.07, 6.45) is 3.07. The number of hydrogen-bond acceptors (Lipinski definition) is 2. The minimum Gasteiger partial charge on any atom is -0.481 e. The highest BCUT2D eigenvalue weighted by molar-refractivity contribution is 5.78. The minimum absolute atomic E-state index is 0.0254. The van der Waals surface area contributed by atoms with Gasteiger partial charge in [-0.15, -0.1) is 0 Å². The Hall–Kier alpha value is -1.84. The monoisotopic (exact) mass is 291 g/mol. The van der Waals surface area contributed by atoms with Crippen molar-refractivity contribution in [2.24, 2.45) is 5.92 Å². The summed E-state index contributed by atoms with van der Waals surface area (Å²) in [5, 5.41) is 11.6. The summed E-state index contributed by atoms with van der Waals surface area (Å²) in [5.41, 5.74) is 2.17. The van der Waals surface area contributed by atoms with Gasteiger partial charge in [0.15, 0.2) is 0 Å². The standard InChI is InChI=1S/C17H25NO3/c1-3-14(8-9-17(20)21)10-11-18-16(19)12-15-7-5-4-6-13(15)2/h4-7,14H,3,8-12H2,1-2H3,(H,18,19)(H,20,21). The van der Waals surface area contributed by atoms with E-state index < -0.39 is 5.97 Å². The van der Waals surface area contributed by atoms with Crippen molar-refractivity contribution in [1.29, 1.82) is 0 Å². The van der Waals surface area contributed by atoms with Gasteiger partial charge in [-0.3, -0.25) is 9.59 Å². The number of amides is 1. The lowest BCUT2D eigenvalue weighted by molar-refractivity contribution is -0.137. The first-order valence-corrected chi connectivity index (χ1v) is 7.56. The maximum absolute atomic E-state index is 11.9. The molecule has 0 heterocycles. The topological polar surface area (TPSA) is 66.4 Å². The van der Waals surface area contributed by atoms with Gasteiger partial charge >= 0.3 is 5.97 Å². The van der Waals surface area contributed by atoms with Crippen LogP contribution < -0.4 is 5.32 Å². The fraction of sp³-hybridized carbons (Fsp3) is 0.529. The highest BCUT2D eigenvalue weighted by Crippen LogP contribution is 2.14. The zero-order chi connectivity index (χ0) is 15.7. The van der Waals surface area contributed by atoms with Crippen molar-refractivity contribution in [1.82, 2.24) is 5.32 Å². The van der Waals surface area contributed by atoms with E-state index in [1.165, 1.54) is 0 Å². The van der Waals surface area contributed by atoms with E-state index in [-0.39, 0.29) is 12.3 Å². The first-order valence-electron chi connectivity index (χ1n) is 7.56. The molecule has 1 rings (SSSR count). The van der Waals surface area contributed by atoms with E-state index in [1.54, 1.807) is 0 Å². The maximum atomic E-state index is 11.9. The lowest BCUT2D eigenvalue weighted by Gasteiger charge is -2.14. The van der Waals surface area contributed by atoms with E-state index in [0.717, 1.165) is 24.0 Å². The number of carboxylic acid groups (broad SMARTS) is 1. The maximum Gasteiger partial charge on any atom is 0.303 e. The van der Waals surface area contributed by atoms with Crippen molar-refractivity contribution in [2.75, 3.05) is 6.54 Å². The van der Waals surface area contributed by atoms with Gasteiger partial charge in [-0.2, -0.15) is 0 Å². The molecule has 0 saturated carbocycles. The molecule has 4 heteroatoms. The Bertz CT molecular complexity index is 471. The molecule has 0 aliphatic rings. The molecule has 1 amide bonds. The molecule has 0 aliphatic carbocycles. The summed E-state index contributed by atoms with van der Waals surface area (Å²) >= 11 is 0. The molecule has 0 fully saturated rings. The van der Waals surface area contributed by atoms with Crippen LogP contribution in [-0.2, 0) is 16.0 Å². The van der Waals surface area contributed by atoms with E-state index >= 15 is 0 Å². The van der Waals surface area contributed by atoms with Crippen LogP contribution in [0.15, 0.2) is 24.3 Å². The van der Waals surface area contributed by atoms with Crippen LogP contribution in [0.25, 0.3) is 0 Å². The zero-order valence-electron chi connectivity index (χ0n) is 12.9. The number of rotatable bonds is 9. The first-order chi connectivity index (χ1) is 10.0. The normalized spacial score (nSPS) is 11.9. The second kappa shape index (κ2) is 9.16. The van der Waals surface area contributed by atoms with Gasteiger partial charge in [0, 0.05) is 13.0 Å². The number of hydrogen-bond donors (Lipinski definition) is 2. The van der Waals surface area contributed by atoms with Crippen molar-refractivity contribution >= 4 is 11.9 Å². The number of carbonyl (C=O) groups excluding carboxylic acids is 1. The summed E-state index contributed by atoms with van der Waals surface area (Å²) in [6, 6.07) is 7.87. The van der Waals surface area contributed by atoms with Gasteiger partial charge in [-0.1, -0.05) is 37.6 Å². The molecule has 0 spiro atoms. The van der Waals surface area contributed by atoms with Gasteiger partial charge in [-0.25, -0.2) is 0 Å². The van der Waals surface area contributed by atoms with Crippen molar-refractivity contribution in [3.8, 4) is 0 Å². The quantitative estimate of drug-likeness (QED) is 0.735. The SMILES string of the molecule is CCC(CCNC(=O)Cc1ccccc1C)CCC(=O)O. The van der Waals surface area contributed by atoms with Gasteiger partial charge in [-0.05, 0) is 36.8 Å². The van der Waals surface area contributed by atoms with E-state index in [2.05, 4.69) is 12.2 Å². The van der Waals surface area contributed by atoms with Crippen LogP contribution in [0.5, 0.6) is 0 Å². The third-order valence-electron chi connectivity index (χ3n) is 3.83. The Balaban J connectivity index is 2.29. The second-order valence-electron chi connectivity index (χ2n) is 5.45. The molecular formula is C17H25NO3. The van der Waals surface area contributed by atoms with E-state index in [9.17, 15) is 9.59 Å². The first kappa shape index (κ1) is 17.2. The Labute approximate surface area is 126 Å². The highest BCUT2D eigenvalue weighted by Gasteiger charge is 2.10. The van der Waals surface area contributed by atoms with Crippen molar-refractivity contribution in [3.05, 3.63) is 35.4 Å². The van der Waals surface area contributed by atoms with Crippen LogP contribution in [0.1, 0.15) is 43.7 Å². The predicted molar refractivity (Wildman–Crippen MR) is 83.2 cm³/mol. The molecule has 0 bridgehead atoms. The van der Waals surface area contributed by atoms with E-state index in [1.807, 2.05) is 31.2 Å².